The summed E-state index contributed by atoms with van der Waals surface area (Å²) in [5.74, 6) is -2.40. The summed E-state index contributed by atoms with van der Waals surface area (Å²) in [4.78, 5) is 36.3. The Kier molecular flexibility index (Phi) is 6.84. The van der Waals surface area contributed by atoms with Gasteiger partial charge in [0.15, 0.2) is 0 Å². The summed E-state index contributed by atoms with van der Waals surface area (Å²) in [6.07, 6.45) is -0.629. The van der Waals surface area contributed by atoms with Crippen molar-refractivity contribution in [3.05, 3.63) is 88.4 Å². The van der Waals surface area contributed by atoms with E-state index in [1.54, 1.807) is 13.0 Å². The minimum absolute atomic E-state index is 0.0193. The van der Waals surface area contributed by atoms with Crippen LogP contribution >= 0.6 is 11.6 Å². The number of amides is 2. The third-order valence-electron chi connectivity index (χ3n) is 5.83. The van der Waals surface area contributed by atoms with Gasteiger partial charge in [-0.25, -0.2) is 9.59 Å². The molecule has 4 rings (SSSR count). The first kappa shape index (κ1) is 23.3. The topological polar surface area (TPSA) is 105 Å². The molecule has 1 aliphatic rings. The van der Waals surface area contributed by atoms with Crippen LogP contribution in [0, 0.1) is 5.92 Å². The highest BCUT2D eigenvalue weighted by Gasteiger charge is 2.29. The molecule has 8 heteroatoms. The van der Waals surface area contributed by atoms with E-state index in [1.807, 2.05) is 36.4 Å². The molecule has 0 spiro atoms. The third-order valence-corrected chi connectivity index (χ3v) is 6.14. The second-order valence-electron chi connectivity index (χ2n) is 8.06. The highest BCUT2D eigenvalue weighted by Crippen LogP contribution is 2.44. The molecular weight excluding hydrogens is 456 g/mol. The van der Waals surface area contributed by atoms with Crippen molar-refractivity contribution < 1.29 is 24.2 Å². The number of carbonyl (C=O) groups excluding carboxylic acids is 2. The predicted octanol–water partition coefficient (Wildman–Crippen LogP) is 5.15. The van der Waals surface area contributed by atoms with Crippen molar-refractivity contribution in [2.24, 2.45) is 5.92 Å². The lowest BCUT2D eigenvalue weighted by Gasteiger charge is -2.17. The maximum absolute atomic E-state index is 12.5. The summed E-state index contributed by atoms with van der Waals surface area (Å²) in [6, 6.07) is 20.5. The van der Waals surface area contributed by atoms with Crippen LogP contribution in [0.4, 0.5) is 10.5 Å². The number of hydrogen-bond donors (Lipinski definition) is 3. The van der Waals surface area contributed by atoms with Crippen molar-refractivity contribution in [3.63, 3.8) is 0 Å². The fourth-order valence-corrected chi connectivity index (χ4v) is 4.34. The quantitative estimate of drug-likeness (QED) is 0.435. The lowest BCUT2D eigenvalue weighted by Crippen LogP contribution is -2.35. The van der Waals surface area contributed by atoms with Gasteiger partial charge in [0.2, 0.25) is 5.91 Å². The Morgan fingerprint density at radius 2 is 1.59 bits per heavy atom. The molecule has 3 aromatic carbocycles. The van der Waals surface area contributed by atoms with E-state index >= 15 is 0 Å². The zero-order chi connectivity index (χ0) is 24.2. The Morgan fingerprint density at radius 3 is 2.21 bits per heavy atom. The Hall–Kier alpha value is -3.84. The molecule has 0 saturated carbocycles. The molecule has 0 bridgehead atoms. The number of halogens is 1. The number of ether oxygens (including phenoxy) is 1. The van der Waals surface area contributed by atoms with Gasteiger partial charge in [0, 0.05) is 12.5 Å². The summed E-state index contributed by atoms with van der Waals surface area (Å²) in [5, 5.41) is 14.5. The maximum Gasteiger partial charge on any atom is 0.407 e. The number of carboxylic acids is 1. The fourth-order valence-electron chi connectivity index (χ4n) is 4.08. The average molecular weight is 479 g/mol. The number of carbonyl (C=O) groups is 3. The summed E-state index contributed by atoms with van der Waals surface area (Å²) >= 11 is 5.94. The molecule has 0 radical (unpaired) electrons. The van der Waals surface area contributed by atoms with Gasteiger partial charge in [-0.3, -0.25) is 4.79 Å². The molecule has 2 amide bonds. The third kappa shape index (κ3) is 4.75. The van der Waals surface area contributed by atoms with Gasteiger partial charge >= 0.3 is 12.1 Å². The van der Waals surface area contributed by atoms with Crippen molar-refractivity contribution in [1.82, 2.24) is 5.32 Å². The zero-order valence-electron chi connectivity index (χ0n) is 18.4. The standard InChI is InChI=1S/C26H23ClN2O5/c1-15(24(30)29-22-12-6-11-21(27)23(22)25(31)32)13-28-26(33)34-14-20-18-9-4-2-7-16(18)17-8-3-5-10-19(17)20/h2-12,15,20H,13-14H2,1H3,(H,28,33)(H,29,30)(H,31,32). The van der Waals surface area contributed by atoms with Gasteiger partial charge in [-0.1, -0.05) is 73.1 Å². The first-order valence-corrected chi connectivity index (χ1v) is 11.2. The normalized spacial score (nSPS) is 12.9. The van der Waals surface area contributed by atoms with Gasteiger partial charge in [-0.2, -0.15) is 0 Å². The van der Waals surface area contributed by atoms with Crippen molar-refractivity contribution in [2.75, 3.05) is 18.5 Å². The van der Waals surface area contributed by atoms with Crippen LogP contribution in [0.3, 0.4) is 0 Å². The molecule has 1 aliphatic carbocycles. The smallest absolute Gasteiger partial charge is 0.407 e. The molecule has 0 fully saturated rings. The number of rotatable bonds is 7. The Balaban J connectivity index is 1.32. The summed E-state index contributed by atoms with van der Waals surface area (Å²) < 4.78 is 5.48. The average Bonchev–Trinajstić information content (AvgIpc) is 3.14. The number of aromatic carboxylic acids is 1. The van der Waals surface area contributed by atoms with E-state index in [9.17, 15) is 19.5 Å². The van der Waals surface area contributed by atoms with Crippen LogP contribution in [0.5, 0.6) is 0 Å². The summed E-state index contributed by atoms with van der Waals surface area (Å²) in [7, 11) is 0. The lowest BCUT2D eigenvalue weighted by atomic mass is 9.98. The molecule has 0 heterocycles. The van der Waals surface area contributed by atoms with Crippen LogP contribution < -0.4 is 10.6 Å². The Bertz CT molecular complexity index is 1210. The monoisotopic (exact) mass is 478 g/mol. The fraction of sp³-hybridized carbons (Fsp3) is 0.192. The van der Waals surface area contributed by atoms with Crippen LogP contribution in [0.2, 0.25) is 5.02 Å². The van der Waals surface area contributed by atoms with Crippen molar-refractivity contribution in [2.45, 2.75) is 12.8 Å². The van der Waals surface area contributed by atoms with Gasteiger partial charge in [-0.15, -0.1) is 0 Å². The number of anilines is 1. The minimum atomic E-state index is -1.25. The SMILES string of the molecule is CC(CNC(=O)OCC1c2ccccc2-c2ccccc21)C(=O)Nc1cccc(Cl)c1C(=O)O. The second-order valence-corrected chi connectivity index (χ2v) is 8.47. The Morgan fingerprint density at radius 1 is 0.971 bits per heavy atom. The summed E-state index contributed by atoms with van der Waals surface area (Å²) in [6.45, 7) is 1.81. The largest absolute Gasteiger partial charge is 0.478 e. The molecular formula is C26H23ClN2O5. The molecule has 3 aromatic rings. The maximum atomic E-state index is 12.5. The molecule has 1 unspecified atom stereocenters. The van der Waals surface area contributed by atoms with E-state index in [1.165, 1.54) is 12.1 Å². The molecule has 7 nitrogen and oxygen atoms in total. The molecule has 0 saturated heterocycles. The predicted molar refractivity (Wildman–Crippen MR) is 129 cm³/mol. The van der Waals surface area contributed by atoms with Gasteiger partial charge in [-0.05, 0) is 34.4 Å². The zero-order valence-corrected chi connectivity index (χ0v) is 19.1. The number of benzene rings is 3. The van der Waals surface area contributed by atoms with E-state index in [-0.39, 0.29) is 35.3 Å². The van der Waals surface area contributed by atoms with E-state index in [0.29, 0.717) is 0 Å². The van der Waals surface area contributed by atoms with E-state index in [2.05, 4.69) is 22.8 Å². The van der Waals surface area contributed by atoms with Gasteiger partial charge in [0.25, 0.3) is 0 Å². The molecule has 174 valence electrons. The second kappa shape index (κ2) is 9.97. The first-order chi connectivity index (χ1) is 16.4. The van der Waals surface area contributed by atoms with Crippen molar-refractivity contribution in [1.29, 1.82) is 0 Å². The van der Waals surface area contributed by atoms with Gasteiger partial charge in [0.1, 0.15) is 12.2 Å². The van der Waals surface area contributed by atoms with Crippen molar-refractivity contribution in [3.8, 4) is 11.1 Å². The molecule has 34 heavy (non-hydrogen) atoms. The van der Waals surface area contributed by atoms with Crippen LogP contribution in [0.1, 0.15) is 34.3 Å². The number of fused-ring (bicyclic) bond motifs is 3. The van der Waals surface area contributed by atoms with Crippen LogP contribution in [0.15, 0.2) is 66.7 Å². The molecule has 1 atom stereocenters. The van der Waals surface area contributed by atoms with Crippen LogP contribution in [0.25, 0.3) is 11.1 Å². The van der Waals surface area contributed by atoms with Gasteiger partial charge < -0.3 is 20.5 Å². The molecule has 3 N–H and O–H groups in total. The molecule has 0 aliphatic heterocycles. The van der Waals surface area contributed by atoms with E-state index < -0.39 is 23.9 Å². The van der Waals surface area contributed by atoms with Crippen LogP contribution in [-0.2, 0) is 9.53 Å². The number of carboxylic acid groups (broad SMARTS) is 1. The summed E-state index contributed by atoms with van der Waals surface area (Å²) in [5.41, 5.74) is 4.41. The molecule has 0 aromatic heterocycles. The van der Waals surface area contributed by atoms with E-state index in [4.69, 9.17) is 16.3 Å². The number of hydrogen-bond acceptors (Lipinski definition) is 4. The lowest BCUT2D eigenvalue weighted by molar-refractivity contribution is -0.119. The highest BCUT2D eigenvalue weighted by atomic mass is 35.5. The van der Waals surface area contributed by atoms with E-state index in [0.717, 1.165) is 22.3 Å². The van der Waals surface area contributed by atoms with Gasteiger partial charge in [0.05, 0.1) is 16.6 Å². The Labute approximate surface area is 201 Å². The van der Waals surface area contributed by atoms with Crippen LogP contribution in [-0.4, -0.2) is 36.2 Å². The minimum Gasteiger partial charge on any atom is -0.478 e. The number of alkyl carbamates (subject to hydrolysis) is 1. The number of nitrogens with one attached hydrogen (secondary N) is 2. The van der Waals surface area contributed by atoms with Crippen molar-refractivity contribution >= 4 is 35.3 Å². The first-order valence-electron chi connectivity index (χ1n) is 10.8. The highest BCUT2D eigenvalue weighted by molar-refractivity contribution is 6.34.